The van der Waals surface area contributed by atoms with Gasteiger partial charge >= 0.3 is 0 Å². The van der Waals surface area contributed by atoms with Crippen LogP contribution in [0.25, 0.3) is 0 Å². The molecule has 0 aromatic rings. The van der Waals surface area contributed by atoms with E-state index in [0.717, 1.165) is 24.2 Å². The van der Waals surface area contributed by atoms with E-state index < -0.39 is 0 Å². The highest BCUT2D eigenvalue weighted by atomic mass is 16.3. The summed E-state index contributed by atoms with van der Waals surface area (Å²) in [6.45, 7) is 0. The van der Waals surface area contributed by atoms with Crippen LogP contribution in [0.2, 0.25) is 0 Å². The lowest BCUT2D eigenvalue weighted by Crippen LogP contribution is -2.25. The van der Waals surface area contributed by atoms with Crippen molar-refractivity contribution in [3.05, 3.63) is 0 Å². The third-order valence-electron chi connectivity index (χ3n) is 5.87. The lowest BCUT2D eigenvalue weighted by molar-refractivity contribution is 0.0633. The number of hydrogen-bond donors (Lipinski definition) is 1. The second-order valence-electron chi connectivity index (χ2n) is 6.99. The van der Waals surface area contributed by atoms with Crippen molar-refractivity contribution in [2.24, 2.45) is 23.7 Å². The fourth-order valence-corrected chi connectivity index (χ4v) is 4.86. The van der Waals surface area contributed by atoms with Crippen LogP contribution in [-0.4, -0.2) is 11.2 Å². The van der Waals surface area contributed by atoms with Crippen LogP contribution in [0, 0.1) is 23.7 Å². The first kappa shape index (κ1) is 12.0. The molecule has 1 heteroatoms. The van der Waals surface area contributed by atoms with E-state index in [0.29, 0.717) is 5.92 Å². The zero-order valence-electron chi connectivity index (χ0n) is 11.1. The van der Waals surface area contributed by atoms with Crippen LogP contribution in [0.1, 0.15) is 70.6 Å². The molecule has 4 atom stereocenters. The Balaban J connectivity index is 1.50. The third kappa shape index (κ3) is 2.70. The molecule has 0 amide bonds. The maximum atomic E-state index is 10.5. The molecule has 3 saturated carbocycles. The van der Waals surface area contributed by atoms with E-state index in [4.69, 9.17) is 0 Å². The monoisotopic (exact) mass is 236 g/mol. The van der Waals surface area contributed by atoms with Gasteiger partial charge in [-0.3, -0.25) is 0 Å². The Labute approximate surface area is 106 Å². The van der Waals surface area contributed by atoms with E-state index in [1.165, 1.54) is 64.2 Å². The summed E-state index contributed by atoms with van der Waals surface area (Å²) in [5.74, 6) is 3.54. The average molecular weight is 236 g/mol. The summed E-state index contributed by atoms with van der Waals surface area (Å²) in [6, 6.07) is 0. The molecule has 1 N–H and O–H groups in total. The topological polar surface area (TPSA) is 20.2 Å². The van der Waals surface area contributed by atoms with E-state index >= 15 is 0 Å². The maximum Gasteiger partial charge on any atom is 0.0571 e. The highest BCUT2D eigenvalue weighted by Gasteiger charge is 2.40. The van der Waals surface area contributed by atoms with Crippen molar-refractivity contribution in [2.45, 2.75) is 76.7 Å². The molecule has 4 unspecified atom stereocenters. The predicted molar refractivity (Wildman–Crippen MR) is 70.8 cm³/mol. The molecule has 0 radical (unpaired) electrons. The van der Waals surface area contributed by atoms with Crippen LogP contribution in [-0.2, 0) is 0 Å². The minimum Gasteiger partial charge on any atom is -0.393 e. The van der Waals surface area contributed by atoms with Crippen LogP contribution in [0.3, 0.4) is 0 Å². The Morgan fingerprint density at radius 2 is 1.65 bits per heavy atom. The average Bonchev–Trinajstić information content (AvgIpc) is 2.82. The molecule has 1 nitrogen and oxygen atoms in total. The van der Waals surface area contributed by atoms with E-state index in [9.17, 15) is 5.11 Å². The number of aliphatic hydroxyl groups is 1. The molecule has 0 aromatic carbocycles. The van der Waals surface area contributed by atoms with Crippen LogP contribution in [0.4, 0.5) is 0 Å². The first-order chi connectivity index (χ1) is 8.33. The van der Waals surface area contributed by atoms with Gasteiger partial charge in [-0.05, 0) is 62.2 Å². The van der Waals surface area contributed by atoms with E-state index in [1.807, 2.05) is 0 Å². The summed E-state index contributed by atoms with van der Waals surface area (Å²) < 4.78 is 0. The lowest BCUT2D eigenvalue weighted by atomic mass is 9.81. The SMILES string of the molecule is OC(CC1CC2CCC1C2)C1CCCCCC1. The van der Waals surface area contributed by atoms with Gasteiger partial charge in [0, 0.05) is 0 Å². The van der Waals surface area contributed by atoms with Gasteiger partial charge in [-0.15, -0.1) is 0 Å². The minimum atomic E-state index is 0.0254. The van der Waals surface area contributed by atoms with Crippen molar-refractivity contribution in [3.63, 3.8) is 0 Å². The number of rotatable bonds is 3. The van der Waals surface area contributed by atoms with Crippen molar-refractivity contribution in [1.82, 2.24) is 0 Å². The quantitative estimate of drug-likeness (QED) is 0.730. The summed E-state index contributed by atoms with van der Waals surface area (Å²) in [6.07, 6.45) is 15.1. The normalized spacial score (nSPS) is 40.4. The maximum absolute atomic E-state index is 10.5. The summed E-state index contributed by atoms with van der Waals surface area (Å²) in [5.41, 5.74) is 0. The van der Waals surface area contributed by atoms with Gasteiger partial charge in [0.05, 0.1) is 6.10 Å². The van der Waals surface area contributed by atoms with Gasteiger partial charge in [0.15, 0.2) is 0 Å². The van der Waals surface area contributed by atoms with Crippen molar-refractivity contribution >= 4 is 0 Å². The molecule has 0 heterocycles. The second-order valence-corrected chi connectivity index (χ2v) is 6.99. The van der Waals surface area contributed by atoms with E-state index in [-0.39, 0.29) is 6.10 Å². The molecular weight excluding hydrogens is 208 g/mol. The van der Waals surface area contributed by atoms with Crippen molar-refractivity contribution in [3.8, 4) is 0 Å². The summed E-state index contributed by atoms with van der Waals surface area (Å²) in [5, 5.41) is 10.5. The summed E-state index contributed by atoms with van der Waals surface area (Å²) in [4.78, 5) is 0. The summed E-state index contributed by atoms with van der Waals surface area (Å²) in [7, 11) is 0. The second kappa shape index (κ2) is 5.30. The van der Waals surface area contributed by atoms with Crippen LogP contribution in [0.15, 0.2) is 0 Å². The molecule has 0 aliphatic heterocycles. The first-order valence-electron chi connectivity index (χ1n) is 8.01. The van der Waals surface area contributed by atoms with Crippen LogP contribution in [0.5, 0.6) is 0 Å². The Hall–Kier alpha value is -0.0400. The predicted octanol–water partition coefficient (Wildman–Crippen LogP) is 4.14. The van der Waals surface area contributed by atoms with Crippen LogP contribution >= 0.6 is 0 Å². The van der Waals surface area contributed by atoms with Gasteiger partial charge < -0.3 is 5.11 Å². The van der Waals surface area contributed by atoms with E-state index in [2.05, 4.69) is 0 Å². The smallest absolute Gasteiger partial charge is 0.0571 e. The van der Waals surface area contributed by atoms with Gasteiger partial charge in [0.1, 0.15) is 0 Å². The third-order valence-corrected chi connectivity index (χ3v) is 5.87. The van der Waals surface area contributed by atoms with Crippen molar-refractivity contribution in [1.29, 1.82) is 0 Å². The molecule has 17 heavy (non-hydrogen) atoms. The van der Waals surface area contributed by atoms with Crippen molar-refractivity contribution < 1.29 is 5.11 Å². The first-order valence-corrected chi connectivity index (χ1v) is 8.01. The Kier molecular flexibility index (Phi) is 3.75. The highest BCUT2D eigenvalue weighted by molar-refractivity contribution is 4.91. The Morgan fingerprint density at radius 1 is 0.882 bits per heavy atom. The number of fused-ring (bicyclic) bond motifs is 2. The molecule has 3 rings (SSSR count). The van der Waals surface area contributed by atoms with E-state index in [1.54, 1.807) is 0 Å². The van der Waals surface area contributed by atoms with Crippen molar-refractivity contribution in [2.75, 3.05) is 0 Å². The molecule has 0 aromatic heterocycles. The largest absolute Gasteiger partial charge is 0.393 e. The summed E-state index contributed by atoms with van der Waals surface area (Å²) >= 11 is 0. The van der Waals surface area contributed by atoms with Crippen LogP contribution < -0.4 is 0 Å². The van der Waals surface area contributed by atoms with Gasteiger partial charge in [0.2, 0.25) is 0 Å². The van der Waals surface area contributed by atoms with Gasteiger partial charge in [-0.1, -0.05) is 32.1 Å². The Bertz CT molecular complexity index is 242. The molecule has 98 valence electrons. The molecule has 0 saturated heterocycles. The molecule has 3 fully saturated rings. The molecule has 2 bridgehead atoms. The standard InChI is InChI=1S/C16H28O/c17-16(13-5-3-1-2-4-6-13)11-15-10-12-7-8-14(15)9-12/h12-17H,1-11H2. The zero-order chi connectivity index (χ0) is 11.7. The minimum absolute atomic E-state index is 0.0254. The molecule has 0 spiro atoms. The molecule has 3 aliphatic rings. The Morgan fingerprint density at radius 3 is 2.24 bits per heavy atom. The highest BCUT2D eigenvalue weighted by Crippen LogP contribution is 2.50. The van der Waals surface area contributed by atoms with Gasteiger partial charge in [0.25, 0.3) is 0 Å². The number of aliphatic hydroxyl groups excluding tert-OH is 1. The number of hydrogen-bond acceptors (Lipinski definition) is 1. The fourth-order valence-electron chi connectivity index (χ4n) is 4.86. The fraction of sp³-hybridized carbons (Fsp3) is 1.00. The van der Waals surface area contributed by atoms with Gasteiger partial charge in [-0.2, -0.15) is 0 Å². The molecule has 3 aliphatic carbocycles. The zero-order valence-corrected chi connectivity index (χ0v) is 11.1. The van der Waals surface area contributed by atoms with Gasteiger partial charge in [-0.25, -0.2) is 0 Å². The molecular formula is C16H28O. The lowest BCUT2D eigenvalue weighted by Gasteiger charge is -2.28.